The van der Waals surface area contributed by atoms with Gasteiger partial charge in [0.15, 0.2) is 0 Å². The van der Waals surface area contributed by atoms with Gasteiger partial charge in [0.05, 0.1) is 12.0 Å². The van der Waals surface area contributed by atoms with E-state index in [0.717, 1.165) is 0 Å². The Labute approximate surface area is 115 Å². The summed E-state index contributed by atoms with van der Waals surface area (Å²) in [5, 5.41) is 11.0. The Morgan fingerprint density at radius 3 is 2.80 bits per heavy atom. The molecule has 0 atom stereocenters. The zero-order valence-corrected chi connectivity index (χ0v) is 11.0. The zero-order valence-electron chi connectivity index (χ0n) is 11.0. The molecule has 0 N–H and O–H groups in total. The summed E-state index contributed by atoms with van der Waals surface area (Å²) in [4.78, 5) is 27.4. The molecule has 0 aromatic carbocycles. The Morgan fingerprint density at radius 2 is 2.20 bits per heavy atom. The summed E-state index contributed by atoms with van der Waals surface area (Å²) in [6, 6.07) is 2.97. The molecule has 8 heteroatoms. The van der Waals surface area contributed by atoms with Gasteiger partial charge in [-0.1, -0.05) is 0 Å². The second-order valence-corrected chi connectivity index (χ2v) is 4.36. The maximum Gasteiger partial charge on any atom is 0.508 e. The van der Waals surface area contributed by atoms with Crippen molar-refractivity contribution in [3.8, 4) is 0 Å². The number of hydrogen-bond acceptors (Lipinski definition) is 7. The minimum absolute atomic E-state index is 0.0140. The molecule has 1 aromatic heterocycles. The summed E-state index contributed by atoms with van der Waals surface area (Å²) in [6.07, 6.45) is 1.78. The topological polar surface area (TPSA) is 94.8 Å². The molecule has 1 saturated heterocycles. The molecule has 20 heavy (non-hydrogen) atoms. The number of aromatic nitrogens is 1. The summed E-state index contributed by atoms with van der Waals surface area (Å²) >= 11 is 0. The van der Waals surface area contributed by atoms with Gasteiger partial charge >= 0.3 is 11.8 Å². The maximum absolute atomic E-state index is 11.0. The highest BCUT2D eigenvalue weighted by Crippen LogP contribution is 2.28. The minimum Gasteiger partial charge on any atom is -0.438 e. The number of anilines is 1. The van der Waals surface area contributed by atoms with Gasteiger partial charge in [0, 0.05) is 38.2 Å². The van der Waals surface area contributed by atoms with E-state index < -0.39 is 11.1 Å². The fourth-order valence-corrected chi connectivity index (χ4v) is 2.14. The first kappa shape index (κ1) is 14.0. The third-order valence-electron chi connectivity index (χ3n) is 3.13. The average molecular weight is 281 g/mol. The van der Waals surface area contributed by atoms with E-state index in [4.69, 9.17) is 4.74 Å². The molecular weight excluding hydrogens is 266 g/mol. The lowest BCUT2D eigenvalue weighted by Crippen LogP contribution is -2.38. The first-order valence-electron chi connectivity index (χ1n) is 6.20. The van der Waals surface area contributed by atoms with E-state index in [-0.39, 0.29) is 11.8 Å². The molecule has 0 saturated carbocycles. The number of carbonyl (C=O) groups is 1. The van der Waals surface area contributed by atoms with Gasteiger partial charge in [-0.25, -0.2) is 9.78 Å². The molecule has 0 amide bonds. The molecule has 0 unspecified atom stereocenters. The fourth-order valence-electron chi connectivity index (χ4n) is 2.14. The lowest BCUT2D eigenvalue weighted by molar-refractivity contribution is -0.384. The highest BCUT2D eigenvalue weighted by molar-refractivity contribution is 5.60. The molecule has 0 spiro atoms. The van der Waals surface area contributed by atoms with E-state index in [1.165, 1.54) is 25.4 Å². The summed E-state index contributed by atoms with van der Waals surface area (Å²) in [6.45, 7) is 1.08. The van der Waals surface area contributed by atoms with Crippen LogP contribution < -0.4 is 4.90 Å². The van der Waals surface area contributed by atoms with Crippen LogP contribution in [0, 0.1) is 10.1 Å². The van der Waals surface area contributed by atoms with Crippen LogP contribution >= 0.6 is 0 Å². The van der Waals surface area contributed by atoms with Crippen molar-refractivity contribution in [2.45, 2.75) is 18.9 Å². The van der Waals surface area contributed by atoms with Crippen molar-refractivity contribution in [2.75, 3.05) is 25.1 Å². The quantitative estimate of drug-likeness (QED) is 0.473. The van der Waals surface area contributed by atoms with Crippen molar-refractivity contribution in [3.63, 3.8) is 0 Å². The molecule has 1 fully saturated rings. The van der Waals surface area contributed by atoms with Gasteiger partial charge in [0.25, 0.3) is 0 Å². The Balaban J connectivity index is 2.01. The number of rotatable bonds is 3. The van der Waals surface area contributed by atoms with Crippen molar-refractivity contribution >= 4 is 17.7 Å². The number of nitrogens with zero attached hydrogens (tertiary/aromatic N) is 3. The Hall–Kier alpha value is -2.38. The lowest BCUT2D eigenvalue weighted by Gasteiger charge is -2.31. The molecule has 2 rings (SSSR count). The minimum atomic E-state index is -0.702. The fraction of sp³-hybridized carbons (Fsp3) is 0.500. The van der Waals surface area contributed by atoms with Crippen LogP contribution in [0.2, 0.25) is 0 Å². The van der Waals surface area contributed by atoms with Gasteiger partial charge < -0.3 is 14.4 Å². The van der Waals surface area contributed by atoms with E-state index in [1.807, 2.05) is 4.90 Å². The van der Waals surface area contributed by atoms with Crippen LogP contribution in [0.5, 0.6) is 0 Å². The lowest BCUT2D eigenvalue weighted by atomic mass is 10.1. The molecular formula is C12H15N3O5. The number of pyridine rings is 1. The molecule has 8 nitrogen and oxygen atoms in total. The second kappa shape index (κ2) is 6.18. The average Bonchev–Trinajstić information content (AvgIpc) is 2.48. The van der Waals surface area contributed by atoms with Gasteiger partial charge in [-0.05, 0) is 6.07 Å². The summed E-state index contributed by atoms with van der Waals surface area (Å²) < 4.78 is 9.50. The number of hydrogen-bond donors (Lipinski definition) is 0. The Kier molecular flexibility index (Phi) is 4.34. The SMILES string of the molecule is COC(=O)OC1CCN(c2ncccc2[N+](=O)[O-])CC1. The van der Waals surface area contributed by atoms with Crippen LogP contribution in [0.4, 0.5) is 16.3 Å². The largest absolute Gasteiger partial charge is 0.508 e. The van der Waals surface area contributed by atoms with E-state index in [1.54, 1.807) is 0 Å². The monoisotopic (exact) mass is 281 g/mol. The van der Waals surface area contributed by atoms with Gasteiger partial charge in [0.1, 0.15) is 6.10 Å². The number of piperidine rings is 1. The highest BCUT2D eigenvalue weighted by Gasteiger charge is 2.27. The van der Waals surface area contributed by atoms with E-state index in [2.05, 4.69) is 9.72 Å². The van der Waals surface area contributed by atoms with Gasteiger partial charge in [-0.3, -0.25) is 10.1 Å². The molecule has 1 aliphatic heterocycles. The van der Waals surface area contributed by atoms with Gasteiger partial charge in [-0.2, -0.15) is 0 Å². The van der Waals surface area contributed by atoms with Crippen LogP contribution in [-0.2, 0) is 9.47 Å². The Morgan fingerprint density at radius 1 is 1.50 bits per heavy atom. The molecule has 108 valence electrons. The highest BCUT2D eigenvalue weighted by atomic mass is 16.7. The van der Waals surface area contributed by atoms with Gasteiger partial charge in [-0.15, -0.1) is 0 Å². The van der Waals surface area contributed by atoms with E-state index in [0.29, 0.717) is 31.7 Å². The molecule has 2 heterocycles. The van der Waals surface area contributed by atoms with Crippen molar-refractivity contribution in [3.05, 3.63) is 28.4 Å². The third kappa shape index (κ3) is 3.14. The van der Waals surface area contributed by atoms with Crippen molar-refractivity contribution < 1.29 is 19.2 Å². The van der Waals surface area contributed by atoms with Crippen molar-refractivity contribution in [2.24, 2.45) is 0 Å². The van der Waals surface area contributed by atoms with Crippen LogP contribution in [0.1, 0.15) is 12.8 Å². The van der Waals surface area contributed by atoms with Gasteiger partial charge in [0.2, 0.25) is 5.82 Å². The first-order chi connectivity index (χ1) is 9.61. The summed E-state index contributed by atoms with van der Waals surface area (Å²) in [7, 11) is 1.26. The standard InChI is InChI=1S/C12H15N3O5/c1-19-12(16)20-9-4-7-14(8-5-9)11-10(15(17)18)3-2-6-13-11/h2-3,6,9H,4-5,7-8H2,1H3. The molecule has 0 aliphatic carbocycles. The molecule has 1 aliphatic rings. The van der Waals surface area contributed by atoms with Crippen molar-refractivity contribution in [1.29, 1.82) is 0 Å². The molecule has 1 aromatic rings. The second-order valence-electron chi connectivity index (χ2n) is 4.36. The van der Waals surface area contributed by atoms with Crippen LogP contribution in [0.3, 0.4) is 0 Å². The summed E-state index contributed by atoms with van der Waals surface area (Å²) in [5.41, 5.74) is -0.0140. The number of methoxy groups -OCH3 is 1. The smallest absolute Gasteiger partial charge is 0.438 e. The van der Waals surface area contributed by atoms with Crippen LogP contribution in [0.25, 0.3) is 0 Å². The predicted molar refractivity (Wildman–Crippen MR) is 69.6 cm³/mol. The predicted octanol–water partition coefficient (Wildman–Crippen LogP) is 1.74. The number of nitro groups is 1. The Bertz CT molecular complexity index is 500. The summed E-state index contributed by atoms with van der Waals surface area (Å²) in [5.74, 6) is 0.356. The third-order valence-corrected chi connectivity index (χ3v) is 3.13. The van der Waals surface area contributed by atoms with Crippen LogP contribution in [-0.4, -0.2) is 42.4 Å². The molecule has 0 bridgehead atoms. The maximum atomic E-state index is 11.0. The number of ether oxygens (including phenoxy) is 2. The van der Waals surface area contributed by atoms with Crippen LogP contribution in [0.15, 0.2) is 18.3 Å². The molecule has 0 radical (unpaired) electrons. The van der Waals surface area contributed by atoms with E-state index >= 15 is 0 Å². The van der Waals surface area contributed by atoms with E-state index in [9.17, 15) is 14.9 Å². The normalized spacial score (nSPS) is 15.8. The zero-order chi connectivity index (χ0) is 14.5. The number of carbonyl (C=O) groups excluding carboxylic acids is 1. The van der Waals surface area contributed by atoms with Crippen molar-refractivity contribution in [1.82, 2.24) is 4.98 Å². The first-order valence-corrected chi connectivity index (χ1v) is 6.20.